The van der Waals surface area contributed by atoms with Crippen LogP contribution in [0.5, 0.6) is 0 Å². The van der Waals surface area contributed by atoms with Crippen LogP contribution in [0.2, 0.25) is 0 Å². The third kappa shape index (κ3) is 4.80. The summed E-state index contributed by atoms with van der Waals surface area (Å²) in [5.74, 6) is 0.155. The molecule has 1 amide bonds. The van der Waals surface area contributed by atoms with Crippen LogP contribution < -0.4 is 0 Å². The molecule has 0 atom stereocenters. The number of carbonyl (C=O) groups is 1. The van der Waals surface area contributed by atoms with Gasteiger partial charge >= 0.3 is 0 Å². The van der Waals surface area contributed by atoms with E-state index >= 15 is 0 Å². The van der Waals surface area contributed by atoms with Gasteiger partial charge in [-0.3, -0.25) is 14.4 Å². The number of nitrogens with zero attached hydrogens (tertiary/aromatic N) is 4. The molecule has 2 heterocycles. The van der Waals surface area contributed by atoms with Crippen LogP contribution in [0, 0.1) is 0 Å². The van der Waals surface area contributed by atoms with Crippen LogP contribution in [0.15, 0.2) is 12.4 Å². The van der Waals surface area contributed by atoms with Gasteiger partial charge in [0, 0.05) is 51.0 Å². The van der Waals surface area contributed by atoms with Crippen LogP contribution in [0.25, 0.3) is 0 Å². The van der Waals surface area contributed by atoms with Crippen molar-refractivity contribution < 1.29 is 9.53 Å². The summed E-state index contributed by atoms with van der Waals surface area (Å²) < 4.78 is 7.74. The first-order chi connectivity index (χ1) is 11.7. The highest BCUT2D eigenvalue weighted by atomic mass is 16.5. The van der Waals surface area contributed by atoms with E-state index in [0.717, 1.165) is 58.5 Å². The number of aromatic nitrogens is 2. The standard InChI is InChI=1S/C18H30N4O2/c1-2-22-14-16(12-19-22)13-20-8-5-9-21(11-10-20)18(23)15-24-17-6-3-4-7-17/h12,14,17H,2-11,13,15H2,1H3. The molecular weight excluding hydrogens is 304 g/mol. The SMILES string of the molecule is CCn1cc(CN2CCCN(C(=O)COC3CCCC3)CC2)cn1. The molecule has 6 heteroatoms. The largest absolute Gasteiger partial charge is 0.368 e. The average molecular weight is 334 g/mol. The molecule has 0 spiro atoms. The summed E-state index contributed by atoms with van der Waals surface area (Å²) in [6.07, 6.45) is 10.1. The molecule has 1 aliphatic carbocycles. The minimum Gasteiger partial charge on any atom is -0.368 e. The van der Waals surface area contributed by atoms with Crippen molar-refractivity contribution in [1.82, 2.24) is 19.6 Å². The van der Waals surface area contributed by atoms with Crippen molar-refractivity contribution in [2.24, 2.45) is 0 Å². The predicted octanol–water partition coefficient (Wildman–Crippen LogP) is 1.90. The zero-order chi connectivity index (χ0) is 16.8. The van der Waals surface area contributed by atoms with E-state index in [2.05, 4.69) is 23.1 Å². The fraction of sp³-hybridized carbons (Fsp3) is 0.778. The van der Waals surface area contributed by atoms with Crippen molar-refractivity contribution in [1.29, 1.82) is 0 Å². The summed E-state index contributed by atoms with van der Waals surface area (Å²) >= 11 is 0. The van der Waals surface area contributed by atoms with Crippen LogP contribution in [-0.4, -0.2) is 64.4 Å². The Morgan fingerprint density at radius 3 is 2.79 bits per heavy atom. The van der Waals surface area contributed by atoms with Crippen molar-refractivity contribution in [3.05, 3.63) is 18.0 Å². The first kappa shape index (κ1) is 17.4. The van der Waals surface area contributed by atoms with Gasteiger partial charge in [0.15, 0.2) is 0 Å². The number of ether oxygens (including phenoxy) is 1. The quantitative estimate of drug-likeness (QED) is 0.797. The fourth-order valence-corrected chi connectivity index (χ4v) is 3.63. The zero-order valence-corrected chi connectivity index (χ0v) is 14.8. The van der Waals surface area contributed by atoms with E-state index in [1.165, 1.54) is 18.4 Å². The van der Waals surface area contributed by atoms with Gasteiger partial charge in [-0.2, -0.15) is 5.10 Å². The molecule has 2 aliphatic rings. The average Bonchev–Trinajstić information content (AvgIpc) is 3.21. The third-order valence-corrected chi connectivity index (χ3v) is 5.10. The van der Waals surface area contributed by atoms with Gasteiger partial charge in [0.1, 0.15) is 6.61 Å². The lowest BCUT2D eigenvalue weighted by Crippen LogP contribution is -2.38. The fourth-order valence-electron chi connectivity index (χ4n) is 3.63. The van der Waals surface area contributed by atoms with Gasteiger partial charge in [-0.05, 0) is 26.2 Å². The van der Waals surface area contributed by atoms with Crippen LogP contribution in [-0.2, 0) is 22.6 Å². The summed E-state index contributed by atoms with van der Waals surface area (Å²) in [5.41, 5.74) is 1.25. The first-order valence-corrected chi connectivity index (χ1v) is 9.37. The Labute approximate surface area is 144 Å². The molecule has 6 nitrogen and oxygen atoms in total. The Hall–Kier alpha value is -1.40. The molecular formula is C18H30N4O2. The highest BCUT2D eigenvalue weighted by Gasteiger charge is 2.22. The predicted molar refractivity (Wildman–Crippen MR) is 92.6 cm³/mol. The van der Waals surface area contributed by atoms with E-state index in [1.54, 1.807) is 0 Å². The van der Waals surface area contributed by atoms with Crippen molar-refractivity contribution >= 4 is 5.91 Å². The Bertz CT molecular complexity index is 525. The molecule has 1 saturated heterocycles. The van der Waals surface area contributed by atoms with Crippen molar-refractivity contribution in [2.45, 2.75) is 58.2 Å². The normalized spacial score (nSPS) is 20.5. The Morgan fingerprint density at radius 2 is 2.04 bits per heavy atom. The summed E-state index contributed by atoms with van der Waals surface area (Å²) in [6.45, 7) is 7.78. The first-order valence-electron chi connectivity index (χ1n) is 9.37. The maximum atomic E-state index is 12.4. The molecule has 1 aliphatic heterocycles. The smallest absolute Gasteiger partial charge is 0.248 e. The van der Waals surface area contributed by atoms with Gasteiger partial charge in [0.25, 0.3) is 0 Å². The highest BCUT2D eigenvalue weighted by Crippen LogP contribution is 2.21. The van der Waals surface area contributed by atoms with Crippen molar-refractivity contribution in [2.75, 3.05) is 32.8 Å². The zero-order valence-electron chi connectivity index (χ0n) is 14.8. The number of carbonyl (C=O) groups excluding carboxylic acids is 1. The lowest BCUT2D eigenvalue weighted by atomic mass is 10.3. The maximum absolute atomic E-state index is 12.4. The summed E-state index contributed by atoms with van der Waals surface area (Å²) in [6, 6.07) is 0. The molecule has 0 radical (unpaired) electrons. The van der Waals surface area contributed by atoms with E-state index < -0.39 is 0 Å². The second-order valence-corrected chi connectivity index (χ2v) is 6.93. The number of amides is 1. The monoisotopic (exact) mass is 334 g/mol. The molecule has 0 unspecified atom stereocenters. The minimum absolute atomic E-state index is 0.155. The Morgan fingerprint density at radius 1 is 1.21 bits per heavy atom. The lowest BCUT2D eigenvalue weighted by Gasteiger charge is -2.22. The molecule has 0 bridgehead atoms. The summed E-state index contributed by atoms with van der Waals surface area (Å²) in [5, 5.41) is 4.34. The number of aryl methyl sites for hydroxylation is 1. The van der Waals surface area contributed by atoms with Gasteiger partial charge in [0.05, 0.1) is 12.3 Å². The molecule has 0 N–H and O–H groups in total. The van der Waals surface area contributed by atoms with Crippen LogP contribution in [0.4, 0.5) is 0 Å². The highest BCUT2D eigenvalue weighted by molar-refractivity contribution is 5.77. The van der Waals surface area contributed by atoms with Gasteiger partial charge in [0.2, 0.25) is 5.91 Å². The summed E-state index contributed by atoms with van der Waals surface area (Å²) in [7, 11) is 0. The van der Waals surface area contributed by atoms with E-state index in [-0.39, 0.29) is 12.5 Å². The van der Waals surface area contributed by atoms with Crippen LogP contribution in [0.3, 0.4) is 0 Å². The van der Waals surface area contributed by atoms with E-state index in [4.69, 9.17) is 4.74 Å². The van der Waals surface area contributed by atoms with Crippen LogP contribution in [0.1, 0.15) is 44.6 Å². The lowest BCUT2D eigenvalue weighted by molar-refractivity contribution is -0.137. The topological polar surface area (TPSA) is 50.6 Å². The number of hydrogen-bond donors (Lipinski definition) is 0. The van der Waals surface area contributed by atoms with E-state index in [0.29, 0.717) is 6.10 Å². The van der Waals surface area contributed by atoms with Gasteiger partial charge in [-0.25, -0.2) is 0 Å². The third-order valence-electron chi connectivity index (χ3n) is 5.10. The molecule has 3 rings (SSSR count). The van der Waals surface area contributed by atoms with Crippen LogP contribution >= 0.6 is 0 Å². The van der Waals surface area contributed by atoms with E-state index in [9.17, 15) is 4.79 Å². The van der Waals surface area contributed by atoms with Crippen molar-refractivity contribution in [3.63, 3.8) is 0 Å². The Kier molecular flexibility index (Phi) is 6.26. The second kappa shape index (κ2) is 8.62. The van der Waals surface area contributed by atoms with Gasteiger partial charge in [-0.1, -0.05) is 12.8 Å². The maximum Gasteiger partial charge on any atom is 0.248 e. The number of rotatable bonds is 6. The molecule has 134 valence electrons. The Balaban J connectivity index is 1.42. The molecule has 1 aromatic rings. The van der Waals surface area contributed by atoms with Gasteiger partial charge < -0.3 is 9.64 Å². The summed E-state index contributed by atoms with van der Waals surface area (Å²) in [4.78, 5) is 16.8. The van der Waals surface area contributed by atoms with Gasteiger partial charge in [-0.15, -0.1) is 0 Å². The van der Waals surface area contributed by atoms with E-state index in [1.807, 2.05) is 15.8 Å². The second-order valence-electron chi connectivity index (χ2n) is 6.93. The molecule has 2 fully saturated rings. The number of hydrogen-bond acceptors (Lipinski definition) is 4. The minimum atomic E-state index is 0.155. The van der Waals surface area contributed by atoms with Crippen molar-refractivity contribution in [3.8, 4) is 0 Å². The molecule has 1 saturated carbocycles. The molecule has 1 aromatic heterocycles. The molecule has 24 heavy (non-hydrogen) atoms. The molecule has 0 aromatic carbocycles.